The van der Waals surface area contributed by atoms with Gasteiger partial charge in [-0.2, -0.15) is 5.10 Å². The zero-order chi connectivity index (χ0) is 18.7. The Labute approximate surface area is 155 Å². The van der Waals surface area contributed by atoms with Gasteiger partial charge < -0.3 is 14.8 Å². The van der Waals surface area contributed by atoms with E-state index in [2.05, 4.69) is 15.4 Å². The summed E-state index contributed by atoms with van der Waals surface area (Å²) in [4.78, 5) is 15.9. The highest BCUT2D eigenvalue weighted by Gasteiger charge is 2.18. The largest absolute Gasteiger partial charge is 0.493 e. The molecule has 2 heterocycles. The molecule has 0 aliphatic carbocycles. The monoisotopic (exact) mass is 375 g/mol. The van der Waals surface area contributed by atoms with Crippen molar-refractivity contribution in [3.8, 4) is 28.6 Å². The van der Waals surface area contributed by atoms with Crippen LogP contribution in [0.3, 0.4) is 0 Å². The van der Waals surface area contributed by atoms with Crippen LogP contribution < -0.4 is 14.8 Å². The molecule has 0 atom stereocenters. The van der Waals surface area contributed by atoms with Gasteiger partial charge in [0.15, 0.2) is 11.5 Å². The predicted octanol–water partition coefficient (Wildman–Crippen LogP) is 2.15. The number of amides is 1. The van der Waals surface area contributed by atoms with Crippen molar-refractivity contribution in [2.24, 2.45) is 0 Å². The van der Waals surface area contributed by atoms with Crippen LogP contribution in [0.1, 0.15) is 0 Å². The molecule has 2 aromatic heterocycles. The summed E-state index contributed by atoms with van der Waals surface area (Å²) < 4.78 is 14.0. The van der Waals surface area contributed by atoms with Crippen molar-refractivity contribution >= 4 is 17.5 Å². The number of halogens is 1. The number of imidazole rings is 1. The van der Waals surface area contributed by atoms with Gasteiger partial charge in [-0.05, 0) is 12.1 Å². The maximum Gasteiger partial charge on any atom is 0.241 e. The Morgan fingerprint density at radius 2 is 2.12 bits per heavy atom. The van der Waals surface area contributed by atoms with Crippen molar-refractivity contribution in [3.63, 3.8) is 0 Å². The Bertz CT molecular complexity index is 934. The third-order valence-corrected chi connectivity index (χ3v) is 4.22. The normalized spacial score (nSPS) is 10.6. The number of rotatable bonds is 6. The third kappa shape index (κ3) is 3.23. The van der Waals surface area contributed by atoms with Crippen LogP contribution in [-0.4, -0.2) is 46.5 Å². The summed E-state index contributed by atoms with van der Waals surface area (Å²) >= 11 is 6.50. The molecule has 8 nitrogen and oxygen atoms in total. The number of likely N-dealkylation sites (N-methyl/N-ethyl adjacent to an activating group) is 1. The highest BCUT2D eigenvalue weighted by atomic mass is 35.5. The molecule has 0 unspecified atom stereocenters. The summed E-state index contributed by atoms with van der Waals surface area (Å²) in [6.45, 7) is 0.137. The lowest BCUT2D eigenvalue weighted by molar-refractivity contribution is -0.121. The molecule has 0 saturated heterocycles. The number of methoxy groups -OCH3 is 2. The number of benzene rings is 1. The van der Waals surface area contributed by atoms with Crippen LogP contribution in [0.2, 0.25) is 5.02 Å². The van der Waals surface area contributed by atoms with Crippen molar-refractivity contribution in [2.75, 3.05) is 21.3 Å². The SMILES string of the molecule is CNC(=O)Cn1cc(-n2ccnc2-c2ccc(OC)c(OC)c2Cl)cn1. The van der Waals surface area contributed by atoms with Crippen LogP contribution >= 0.6 is 11.6 Å². The van der Waals surface area contributed by atoms with Crippen LogP contribution in [-0.2, 0) is 11.3 Å². The molecule has 3 rings (SSSR count). The van der Waals surface area contributed by atoms with Gasteiger partial charge in [0.05, 0.1) is 31.1 Å². The average molecular weight is 376 g/mol. The fraction of sp³-hybridized carbons (Fsp3) is 0.235. The zero-order valence-corrected chi connectivity index (χ0v) is 15.3. The van der Waals surface area contributed by atoms with Gasteiger partial charge in [-0.3, -0.25) is 14.0 Å². The molecule has 0 aliphatic heterocycles. The van der Waals surface area contributed by atoms with Crippen LogP contribution in [0.4, 0.5) is 0 Å². The van der Waals surface area contributed by atoms with Gasteiger partial charge in [-0.15, -0.1) is 0 Å². The molecule has 0 aliphatic rings. The van der Waals surface area contributed by atoms with Gasteiger partial charge in [0, 0.05) is 31.2 Å². The standard InChI is InChI=1S/C17H18ClN5O3/c1-19-14(24)10-22-9-11(8-21-22)23-7-6-20-17(23)12-4-5-13(25-2)16(26-3)15(12)18/h4-9H,10H2,1-3H3,(H,19,24). The molecule has 26 heavy (non-hydrogen) atoms. The molecule has 0 saturated carbocycles. The second kappa shape index (κ2) is 7.49. The maximum atomic E-state index is 11.5. The molecule has 1 N–H and O–H groups in total. The van der Waals surface area contributed by atoms with E-state index in [0.717, 1.165) is 5.69 Å². The van der Waals surface area contributed by atoms with Gasteiger partial charge in [0.25, 0.3) is 0 Å². The molecule has 0 spiro atoms. The first kappa shape index (κ1) is 17.8. The minimum absolute atomic E-state index is 0.131. The fourth-order valence-corrected chi connectivity index (χ4v) is 2.88. The van der Waals surface area contributed by atoms with Crippen LogP contribution in [0.5, 0.6) is 11.5 Å². The van der Waals surface area contributed by atoms with Crippen LogP contribution in [0.25, 0.3) is 17.1 Å². The van der Waals surface area contributed by atoms with Crippen molar-refractivity contribution in [1.82, 2.24) is 24.6 Å². The maximum absolute atomic E-state index is 11.5. The highest BCUT2D eigenvalue weighted by Crippen LogP contribution is 2.41. The van der Waals surface area contributed by atoms with Gasteiger partial charge >= 0.3 is 0 Å². The number of aromatic nitrogens is 4. The van der Waals surface area contributed by atoms with E-state index in [9.17, 15) is 4.79 Å². The fourth-order valence-electron chi connectivity index (χ4n) is 2.56. The predicted molar refractivity (Wildman–Crippen MR) is 97.0 cm³/mol. The number of hydrogen-bond acceptors (Lipinski definition) is 5. The molecular weight excluding hydrogens is 358 g/mol. The molecule has 0 fully saturated rings. The third-order valence-electron chi connectivity index (χ3n) is 3.85. The van der Waals surface area contributed by atoms with Crippen LogP contribution in [0.15, 0.2) is 36.9 Å². The Hall–Kier alpha value is -3.00. The first-order chi connectivity index (χ1) is 12.6. The minimum atomic E-state index is -0.131. The number of hydrogen-bond donors (Lipinski definition) is 1. The Morgan fingerprint density at radius 3 is 2.81 bits per heavy atom. The summed E-state index contributed by atoms with van der Waals surface area (Å²) in [7, 11) is 4.66. The first-order valence-corrected chi connectivity index (χ1v) is 8.14. The average Bonchev–Trinajstić information content (AvgIpc) is 3.30. The summed E-state index contributed by atoms with van der Waals surface area (Å²) in [6.07, 6.45) is 6.87. The quantitative estimate of drug-likeness (QED) is 0.713. The van der Waals surface area contributed by atoms with E-state index in [1.165, 1.54) is 7.11 Å². The van der Waals surface area contributed by atoms with E-state index in [1.54, 1.807) is 49.7 Å². The van der Waals surface area contributed by atoms with Gasteiger partial charge in [0.2, 0.25) is 5.91 Å². The van der Waals surface area contributed by atoms with Crippen molar-refractivity contribution in [3.05, 3.63) is 41.9 Å². The Morgan fingerprint density at radius 1 is 1.31 bits per heavy atom. The number of carbonyl (C=O) groups is 1. The second-order valence-corrected chi connectivity index (χ2v) is 5.73. The summed E-state index contributed by atoms with van der Waals surface area (Å²) in [5, 5.41) is 7.17. The number of ether oxygens (including phenoxy) is 2. The molecule has 1 amide bonds. The van der Waals surface area contributed by atoms with E-state index in [4.69, 9.17) is 21.1 Å². The molecule has 136 valence electrons. The van der Waals surface area contributed by atoms with E-state index in [-0.39, 0.29) is 12.5 Å². The Balaban J connectivity index is 2.01. The second-order valence-electron chi connectivity index (χ2n) is 5.35. The lowest BCUT2D eigenvalue weighted by Gasteiger charge is -2.13. The summed E-state index contributed by atoms with van der Waals surface area (Å²) in [5.41, 5.74) is 1.45. The molecular formula is C17H18ClN5O3. The van der Waals surface area contributed by atoms with Gasteiger partial charge in [-0.1, -0.05) is 11.6 Å². The number of nitrogens with zero attached hydrogens (tertiary/aromatic N) is 4. The van der Waals surface area contributed by atoms with E-state index in [0.29, 0.717) is 27.9 Å². The molecule has 0 radical (unpaired) electrons. The summed E-state index contributed by atoms with van der Waals surface area (Å²) in [5.74, 6) is 1.47. The van der Waals surface area contributed by atoms with Crippen molar-refractivity contribution < 1.29 is 14.3 Å². The van der Waals surface area contributed by atoms with E-state index in [1.807, 2.05) is 10.6 Å². The molecule has 0 bridgehead atoms. The topological polar surface area (TPSA) is 83.2 Å². The van der Waals surface area contributed by atoms with E-state index < -0.39 is 0 Å². The minimum Gasteiger partial charge on any atom is -0.493 e. The highest BCUT2D eigenvalue weighted by molar-refractivity contribution is 6.35. The van der Waals surface area contributed by atoms with Gasteiger partial charge in [-0.25, -0.2) is 4.98 Å². The van der Waals surface area contributed by atoms with Crippen molar-refractivity contribution in [2.45, 2.75) is 6.54 Å². The first-order valence-electron chi connectivity index (χ1n) is 7.76. The molecule has 9 heteroatoms. The summed E-state index contributed by atoms with van der Waals surface area (Å²) in [6, 6.07) is 3.59. The van der Waals surface area contributed by atoms with Crippen LogP contribution in [0, 0.1) is 0 Å². The Kier molecular flexibility index (Phi) is 5.13. The molecule has 3 aromatic rings. The zero-order valence-electron chi connectivity index (χ0n) is 14.6. The lowest BCUT2D eigenvalue weighted by atomic mass is 10.2. The lowest BCUT2D eigenvalue weighted by Crippen LogP contribution is -2.23. The smallest absolute Gasteiger partial charge is 0.241 e. The number of nitrogens with one attached hydrogen (secondary N) is 1. The van der Waals surface area contributed by atoms with Crippen molar-refractivity contribution in [1.29, 1.82) is 0 Å². The molecule has 1 aromatic carbocycles. The van der Waals surface area contributed by atoms with Gasteiger partial charge in [0.1, 0.15) is 12.4 Å². The number of carbonyl (C=O) groups excluding carboxylic acids is 1. The van der Waals surface area contributed by atoms with E-state index >= 15 is 0 Å².